The van der Waals surface area contributed by atoms with Gasteiger partial charge in [-0.15, -0.1) is 0 Å². The summed E-state index contributed by atoms with van der Waals surface area (Å²) in [6.45, 7) is 4.31. The summed E-state index contributed by atoms with van der Waals surface area (Å²) in [7, 11) is 1.46. The Balaban J connectivity index is 3.11. The molecule has 0 saturated carbocycles. The van der Waals surface area contributed by atoms with Crippen LogP contribution >= 0.6 is 0 Å². The highest BCUT2D eigenvalue weighted by atomic mass is 19.3. The van der Waals surface area contributed by atoms with Crippen LogP contribution in [0.2, 0.25) is 0 Å². The molecule has 1 aliphatic rings. The molecule has 108 valence electrons. The van der Waals surface area contributed by atoms with Crippen LogP contribution < -0.4 is 5.73 Å². The van der Waals surface area contributed by atoms with E-state index in [9.17, 15) is 8.78 Å². The minimum atomic E-state index is -2.45. The molecular formula is C15H23F2NO. The molecule has 1 rings (SSSR count). The lowest BCUT2D eigenvalue weighted by Crippen LogP contribution is -2.36. The molecule has 0 saturated heterocycles. The summed E-state index contributed by atoms with van der Waals surface area (Å²) in [5.41, 5.74) is 5.06. The van der Waals surface area contributed by atoms with Crippen LogP contribution in [0.25, 0.3) is 0 Å². The minimum absolute atomic E-state index is 0.172. The van der Waals surface area contributed by atoms with E-state index >= 15 is 0 Å². The molecule has 2 N–H and O–H groups in total. The molecule has 19 heavy (non-hydrogen) atoms. The van der Waals surface area contributed by atoms with Gasteiger partial charge in [0.25, 0.3) is 6.43 Å². The van der Waals surface area contributed by atoms with Crippen LogP contribution in [0.4, 0.5) is 8.78 Å². The van der Waals surface area contributed by atoms with Gasteiger partial charge in [-0.2, -0.15) is 0 Å². The van der Waals surface area contributed by atoms with Crippen molar-refractivity contribution in [2.24, 2.45) is 17.1 Å². The molecule has 0 heterocycles. The zero-order valence-electron chi connectivity index (χ0n) is 11.8. The van der Waals surface area contributed by atoms with Crippen molar-refractivity contribution < 1.29 is 13.5 Å². The number of ether oxygens (including phenoxy) is 1. The van der Waals surface area contributed by atoms with Gasteiger partial charge in [0.2, 0.25) is 0 Å². The summed E-state index contributed by atoms with van der Waals surface area (Å²) in [5, 5.41) is 0. The van der Waals surface area contributed by atoms with E-state index < -0.39 is 11.8 Å². The van der Waals surface area contributed by atoms with Crippen molar-refractivity contribution in [1.82, 2.24) is 0 Å². The van der Waals surface area contributed by atoms with Crippen molar-refractivity contribution in [2.75, 3.05) is 13.7 Å². The van der Waals surface area contributed by atoms with Crippen LogP contribution in [-0.2, 0) is 4.74 Å². The van der Waals surface area contributed by atoms with Gasteiger partial charge in [0.05, 0.1) is 12.5 Å². The fourth-order valence-corrected chi connectivity index (χ4v) is 2.64. The zero-order chi connectivity index (χ0) is 14.5. The van der Waals surface area contributed by atoms with E-state index in [2.05, 4.69) is 0 Å². The van der Waals surface area contributed by atoms with E-state index in [0.717, 1.165) is 5.57 Å². The Kier molecular flexibility index (Phi) is 5.73. The molecule has 0 amide bonds. The fourth-order valence-electron chi connectivity index (χ4n) is 2.64. The minimum Gasteiger partial charge on any atom is -0.500 e. The fraction of sp³-hybridized carbons (Fsp3) is 0.600. The van der Waals surface area contributed by atoms with Gasteiger partial charge < -0.3 is 10.5 Å². The largest absolute Gasteiger partial charge is 0.500 e. The van der Waals surface area contributed by atoms with E-state index in [-0.39, 0.29) is 5.92 Å². The number of alkyl halides is 2. The number of nitrogens with two attached hydrogens (primary N) is 1. The molecule has 0 radical (unpaired) electrons. The van der Waals surface area contributed by atoms with E-state index in [1.165, 1.54) is 7.11 Å². The smallest absolute Gasteiger partial charge is 0.251 e. The van der Waals surface area contributed by atoms with E-state index in [1.54, 1.807) is 12.2 Å². The Morgan fingerprint density at radius 1 is 1.42 bits per heavy atom. The Morgan fingerprint density at radius 3 is 2.58 bits per heavy atom. The maximum Gasteiger partial charge on any atom is 0.251 e. The van der Waals surface area contributed by atoms with Gasteiger partial charge in [-0.1, -0.05) is 32.1 Å². The van der Waals surface area contributed by atoms with E-state index in [4.69, 9.17) is 10.5 Å². The predicted molar refractivity (Wildman–Crippen MR) is 73.9 cm³/mol. The first-order chi connectivity index (χ1) is 8.96. The van der Waals surface area contributed by atoms with Crippen LogP contribution in [0, 0.1) is 11.3 Å². The van der Waals surface area contributed by atoms with Gasteiger partial charge >= 0.3 is 0 Å². The maximum atomic E-state index is 13.7. The van der Waals surface area contributed by atoms with Gasteiger partial charge in [-0.3, -0.25) is 0 Å². The summed E-state index contributed by atoms with van der Waals surface area (Å²) in [6, 6.07) is 0. The van der Waals surface area contributed by atoms with Gasteiger partial charge in [-0.05, 0) is 30.4 Å². The lowest BCUT2D eigenvalue weighted by Gasteiger charge is -2.38. The quantitative estimate of drug-likeness (QED) is 0.800. The molecule has 1 atom stereocenters. The Bertz CT molecular complexity index is 386. The molecule has 0 fully saturated rings. The normalized spacial score (nSPS) is 24.0. The van der Waals surface area contributed by atoms with Gasteiger partial charge in [0.1, 0.15) is 5.76 Å². The SMILES string of the molecule is COC1=CC=C(C=CCN)CC1(CC(C)C)C(F)F. The Morgan fingerprint density at radius 2 is 2.11 bits per heavy atom. The highest BCUT2D eigenvalue weighted by molar-refractivity contribution is 5.34. The molecule has 4 heteroatoms. The molecule has 0 bridgehead atoms. The number of rotatable bonds is 6. The zero-order valence-corrected chi connectivity index (χ0v) is 11.8. The van der Waals surface area contributed by atoms with Gasteiger partial charge in [0, 0.05) is 6.54 Å². The monoisotopic (exact) mass is 271 g/mol. The number of allylic oxidation sites excluding steroid dienone is 5. The standard InChI is InChI=1S/C15H23F2NO/c1-11(2)9-15(14(16)17)10-12(5-4-8-18)6-7-13(15)19-3/h4-7,11,14H,8-10,18H2,1-3H3. The van der Waals surface area contributed by atoms with Crippen LogP contribution in [0.5, 0.6) is 0 Å². The van der Waals surface area contributed by atoms with Crippen molar-refractivity contribution in [2.45, 2.75) is 33.1 Å². The molecule has 2 nitrogen and oxygen atoms in total. The molecule has 0 aromatic heterocycles. The van der Waals surface area contributed by atoms with Gasteiger partial charge in [-0.25, -0.2) is 8.78 Å². The molecule has 0 aromatic carbocycles. The van der Waals surface area contributed by atoms with Crippen molar-refractivity contribution in [3.05, 3.63) is 35.6 Å². The number of halogens is 2. The van der Waals surface area contributed by atoms with E-state index in [0.29, 0.717) is 25.1 Å². The van der Waals surface area contributed by atoms with Crippen LogP contribution in [-0.4, -0.2) is 20.1 Å². The highest BCUT2D eigenvalue weighted by Crippen LogP contribution is 2.48. The Labute approximate surface area is 114 Å². The maximum absolute atomic E-state index is 13.7. The first-order valence-corrected chi connectivity index (χ1v) is 6.56. The third kappa shape index (κ3) is 3.66. The number of hydrogen-bond acceptors (Lipinski definition) is 2. The third-order valence-corrected chi connectivity index (χ3v) is 3.34. The second-order valence-corrected chi connectivity index (χ2v) is 5.35. The number of hydrogen-bond donors (Lipinski definition) is 1. The van der Waals surface area contributed by atoms with Gasteiger partial charge in [0.15, 0.2) is 0 Å². The summed E-state index contributed by atoms with van der Waals surface area (Å²) < 4.78 is 32.6. The van der Waals surface area contributed by atoms with Crippen LogP contribution in [0.1, 0.15) is 26.7 Å². The van der Waals surface area contributed by atoms with E-state index in [1.807, 2.05) is 26.0 Å². The first-order valence-electron chi connectivity index (χ1n) is 6.56. The summed E-state index contributed by atoms with van der Waals surface area (Å²) in [5.74, 6) is 0.548. The van der Waals surface area contributed by atoms with Crippen molar-refractivity contribution in [1.29, 1.82) is 0 Å². The summed E-state index contributed by atoms with van der Waals surface area (Å²) in [4.78, 5) is 0. The summed E-state index contributed by atoms with van der Waals surface area (Å²) in [6.07, 6.45) is 5.33. The topological polar surface area (TPSA) is 35.2 Å². The van der Waals surface area contributed by atoms with Crippen LogP contribution in [0.3, 0.4) is 0 Å². The van der Waals surface area contributed by atoms with Crippen molar-refractivity contribution >= 4 is 0 Å². The molecular weight excluding hydrogens is 248 g/mol. The average molecular weight is 271 g/mol. The second-order valence-electron chi connectivity index (χ2n) is 5.35. The molecule has 1 unspecified atom stereocenters. The van der Waals surface area contributed by atoms with Crippen molar-refractivity contribution in [3.8, 4) is 0 Å². The van der Waals surface area contributed by atoms with Crippen molar-refractivity contribution in [3.63, 3.8) is 0 Å². The molecule has 0 aliphatic heterocycles. The second kappa shape index (κ2) is 6.85. The predicted octanol–water partition coefficient (Wildman–Crippen LogP) is 3.66. The molecule has 0 aromatic rings. The van der Waals surface area contributed by atoms with Crippen LogP contribution in [0.15, 0.2) is 35.6 Å². The lowest BCUT2D eigenvalue weighted by atomic mass is 9.71. The number of methoxy groups -OCH3 is 1. The lowest BCUT2D eigenvalue weighted by molar-refractivity contribution is -0.0273. The highest BCUT2D eigenvalue weighted by Gasteiger charge is 2.46. The third-order valence-electron chi connectivity index (χ3n) is 3.34. The molecule has 1 aliphatic carbocycles. The summed E-state index contributed by atoms with van der Waals surface area (Å²) >= 11 is 0. The molecule has 0 spiro atoms. The first kappa shape index (κ1) is 15.9. The Hall–Kier alpha value is -1.16. The average Bonchev–Trinajstić information content (AvgIpc) is 2.35.